The Morgan fingerprint density at radius 3 is 2.73 bits per heavy atom. The molecule has 0 spiro atoms. The first-order chi connectivity index (χ1) is 12.6. The Labute approximate surface area is 159 Å². The topological polar surface area (TPSA) is 62.7 Å². The van der Waals surface area contributed by atoms with Crippen molar-refractivity contribution in [2.45, 2.75) is 6.54 Å². The lowest BCUT2D eigenvalue weighted by atomic mass is 10.2. The summed E-state index contributed by atoms with van der Waals surface area (Å²) < 4.78 is 1.72. The molecule has 0 unspecified atom stereocenters. The second-order valence-corrected chi connectivity index (χ2v) is 6.63. The summed E-state index contributed by atoms with van der Waals surface area (Å²) in [6.45, 7) is 0.555. The number of hydrogen-bond donors (Lipinski definition) is 2. The number of aromatic amines is 1. The van der Waals surface area contributed by atoms with Gasteiger partial charge >= 0.3 is 0 Å². The fourth-order valence-electron chi connectivity index (χ4n) is 2.79. The second-order valence-electron chi connectivity index (χ2n) is 5.82. The normalized spacial score (nSPS) is 11.0. The molecule has 1 amide bonds. The first-order valence-corrected chi connectivity index (χ1v) is 8.71. The minimum absolute atomic E-state index is 0.288. The lowest BCUT2D eigenvalue weighted by molar-refractivity contribution is 0.102. The van der Waals surface area contributed by atoms with E-state index in [0.717, 1.165) is 11.1 Å². The summed E-state index contributed by atoms with van der Waals surface area (Å²) in [6, 6.07) is 16.9. The molecule has 0 atom stereocenters. The van der Waals surface area contributed by atoms with Gasteiger partial charge in [0, 0.05) is 22.0 Å². The zero-order valence-corrected chi connectivity index (χ0v) is 15.1. The molecule has 2 heterocycles. The van der Waals surface area contributed by atoms with E-state index < -0.39 is 0 Å². The molecule has 2 aromatic heterocycles. The van der Waals surface area contributed by atoms with Crippen molar-refractivity contribution in [2.75, 3.05) is 5.32 Å². The maximum Gasteiger partial charge on any atom is 0.274 e. The highest BCUT2D eigenvalue weighted by Gasteiger charge is 2.18. The highest BCUT2D eigenvalue weighted by atomic mass is 35.5. The van der Waals surface area contributed by atoms with Gasteiger partial charge in [0.15, 0.2) is 0 Å². The minimum atomic E-state index is -0.336. The Balaban J connectivity index is 1.60. The lowest BCUT2D eigenvalue weighted by Crippen LogP contribution is -2.16. The molecule has 0 saturated heterocycles. The van der Waals surface area contributed by atoms with E-state index in [2.05, 4.69) is 15.4 Å². The van der Waals surface area contributed by atoms with Crippen molar-refractivity contribution in [3.8, 4) is 0 Å². The maximum atomic E-state index is 12.7. The Kier molecular flexibility index (Phi) is 4.41. The van der Waals surface area contributed by atoms with Gasteiger partial charge in [-0.3, -0.25) is 4.79 Å². The van der Waals surface area contributed by atoms with Crippen LogP contribution in [0.4, 0.5) is 5.82 Å². The van der Waals surface area contributed by atoms with Crippen molar-refractivity contribution in [3.63, 3.8) is 0 Å². The molecule has 0 saturated carbocycles. The molecule has 4 aromatic rings. The molecule has 7 heteroatoms. The molecule has 5 nitrogen and oxygen atoms in total. The molecule has 4 rings (SSSR count). The molecule has 0 fully saturated rings. The third kappa shape index (κ3) is 3.19. The fourth-order valence-corrected chi connectivity index (χ4v) is 3.25. The van der Waals surface area contributed by atoms with Crippen LogP contribution in [0.2, 0.25) is 10.0 Å². The number of halogens is 2. The fraction of sp³-hybridized carbons (Fsp3) is 0.0526. The molecular weight excluding hydrogens is 371 g/mol. The number of anilines is 1. The van der Waals surface area contributed by atoms with Gasteiger partial charge in [-0.05, 0) is 23.8 Å². The first kappa shape index (κ1) is 16.7. The largest absolute Gasteiger partial charge is 0.349 e. The van der Waals surface area contributed by atoms with Crippen LogP contribution in [0.15, 0.2) is 60.8 Å². The molecule has 0 aliphatic heterocycles. The molecule has 0 aliphatic rings. The summed E-state index contributed by atoms with van der Waals surface area (Å²) in [7, 11) is 0. The van der Waals surface area contributed by atoms with Crippen LogP contribution < -0.4 is 5.32 Å². The van der Waals surface area contributed by atoms with Gasteiger partial charge in [0.2, 0.25) is 0 Å². The monoisotopic (exact) mass is 384 g/mol. The number of hydrogen-bond acceptors (Lipinski definition) is 2. The predicted molar refractivity (Wildman–Crippen MR) is 104 cm³/mol. The van der Waals surface area contributed by atoms with E-state index in [1.54, 1.807) is 35.1 Å². The SMILES string of the molecule is O=C(Nc1ccnn1Cc1ccccc1)c1[nH]c2ccc(Cl)cc2c1Cl. The standard InChI is InChI=1S/C19H14Cl2N4O/c20-13-6-7-15-14(10-13)17(21)18(23-15)19(26)24-16-8-9-22-25(16)11-12-4-2-1-3-5-12/h1-10,23H,11H2,(H,24,26). The molecule has 0 bridgehead atoms. The number of carbonyl (C=O) groups excluding carboxylic acids is 1. The van der Waals surface area contributed by atoms with Crippen LogP contribution in [0, 0.1) is 0 Å². The smallest absolute Gasteiger partial charge is 0.274 e. The Hall–Kier alpha value is -2.76. The Bertz CT molecular complexity index is 1090. The van der Waals surface area contributed by atoms with Crippen molar-refractivity contribution in [1.29, 1.82) is 0 Å². The molecular formula is C19H14Cl2N4O. The third-order valence-electron chi connectivity index (χ3n) is 4.06. The number of aromatic nitrogens is 3. The zero-order chi connectivity index (χ0) is 18.1. The van der Waals surface area contributed by atoms with Gasteiger partial charge in [0.05, 0.1) is 17.8 Å². The number of H-pyrrole nitrogens is 1. The summed E-state index contributed by atoms with van der Waals surface area (Å²) in [4.78, 5) is 15.7. The highest BCUT2D eigenvalue weighted by molar-refractivity contribution is 6.40. The van der Waals surface area contributed by atoms with Crippen LogP contribution >= 0.6 is 23.2 Å². The van der Waals surface area contributed by atoms with Gasteiger partial charge in [0.1, 0.15) is 11.5 Å². The van der Waals surface area contributed by atoms with Crippen LogP contribution in [0.1, 0.15) is 16.1 Å². The van der Waals surface area contributed by atoms with E-state index in [-0.39, 0.29) is 11.6 Å². The number of fused-ring (bicyclic) bond motifs is 1. The van der Waals surface area contributed by atoms with Crippen LogP contribution in [-0.2, 0) is 6.54 Å². The molecule has 2 N–H and O–H groups in total. The van der Waals surface area contributed by atoms with Crippen LogP contribution in [0.3, 0.4) is 0 Å². The summed E-state index contributed by atoms with van der Waals surface area (Å²) in [5.41, 5.74) is 2.13. The van der Waals surface area contributed by atoms with Crippen molar-refractivity contribution in [2.24, 2.45) is 0 Å². The summed E-state index contributed by atoms with van der Waals surface area (Å²) >= 11 is 12.4. The van der Waals surface area contributed by atoms with Crippen molar-refractivity contribution in [3.05, 3.63) is 82.1 Å². The van der Waals surface area contributed by atoms with Gasteiger partial charge < -0.3 is 10.3 Å². The van der Waals surface area contributed by atoms with E-state index in [0.29, 0.717) is 27.8 Å². The van der Waals surface area contributed by atoms with Crippen LogP contribution in [-0.4, -0.2) is 20.7 Å². The predicted octanol–water partition coefficient (Wildman–Crippen LogP) is 4.97. The van der Waals surface area contributed by atoms with E-state index in [1.807, 2.05) is 30.3 Å². The Morgan fingerprint density at radius 1 is 1.12 bits per heavy atom. The van der Waals surface area contributed by atoms with Gasteiger partial charge in [-0.1, -0.05) is 53.5 Å². The average molecular weight is 385 g/mol. The van der Waals surface area contributed by atoms with Gasteiger partial charge in [0.25, 0.3) is 5.91 Å². The number of amides is 1. The van der Waals surface area contributed by atoms with Gasteiger partial charge in [-0.25, -0.2) is 4.68 Å². The van der Waals surface area contributed by atoms with E-state index in [1.165, 1.54) is 0 Å². The zero-order valence-electron chi connectivity index (χ0n) is 13.5. The van der Waals surface area contributed by atoms with E-state index in [9.17, 15) is 4.79 Å². The lowest BCUT2D eigenvalue weighted by Gasteiger charge is -2.09. The van der Waals surface area contributed by atoms with Crippen molar-refractivity contribution in [1.82, 2.24) is 14.8 Å². The number of nitrogens with zero attached hydrogens (tertiary/aromatic N) is 2. The van der Waals surface area contributed by atoms with Gasteiger partial charge in [-0.2, -0.15) is 5.10 Å². The minimum Gasteiger partial charge on any atom is -0.349 e. The van der Waals surface area contributed by atoms with E-state index >= 15 is 0 Å². The molecule has 130 valence electrons. The third-order valence-corrected chi connectivity index (χ3v) is 4.69. The highest BCUT2D eigenvalue weighted by Crippen LogP contribution is 2.30. The number of nitrogens with one attached hydrogen (secondary N) is 2. The van der Waals surface area contributed by atoms with Crippen LogP contribution in [0.25, 0.3) is 10.9 Å². The number of benzene rings is 2. The van der Waals surface area contributed by atoms with Gasteiger partial charge in [-0.15, -0.1) is 0 Å². The first-order valence-electron chi connectivity index (χ1n) is 7.95. The second kappa shape index (κ2) is 6.86. The van der Waals surface area contributed by atoms with Crippen LogP contribution in [0.5, 0.6) is 0 Å². The molecule has 0 aliphatic carbocycles. The quantitative estimate of drug-likeness (QED) is 0.521. The molecule has 0 radical (unpaired) electrons. The van der Waals surface area contributed by atoms with Crippen molar-refractivity contribution >= 4 is 45.8 Å². The van der Waals surface area contributed by atoms with E-state index in [4.69, 9.17) is 23.2 Å². The summed E-state index contributed by atoms with van der Waals surface area (Å²) in [6.07, 6.45) is 1.64. The molecule has 2 aromatic carbocycles. The average Bonchev–Trinajstić information content (AvgIpc) is 3.20. The number of rotatable bonds is 4. The van der Waals surface area contributed by atoms with Crippen molar-refractivity contribution < 1.29 is 4.79 Å². The number of carbonyl (C=O) groups is 1. The maximum absolute atomic E-state index is 12.7. The summed E-state index contributed by atoms with van der Waals surface area (Å²) in [5.74, 6) is 0.253. The summed E-state index contributed by atoms with van der Waals surface area (Å²) in [5, 5.41) is 8.75. The Morgan fingerprint density at radius 2 is 1.92 bits per heavy atom. The molecule has 26 heavy (non-hydrogen) atoms.